The monoisotopic (exact) mass is 816 g/mol. The molecule has 15 nitrogen and oxygen atoms in total. The Bertz CT molecular complexity index is 2510. The summed E-state index contributed by atoms with van der Waals surface area (Å²) in [5, 5.41) is 17.5. The molecule has 2 aliphatic carbocycles. The summed E-state index contributed by atoms with van der Waals surface area (Å²) in [4.78, 5) is 72.5. The zero-order valence-electron chi connectivity index (χ0n) is 34.1. The van der Waals surface area contributed by atoms with Crippen molar-refractivity contribution in [2.45, 2.75) is 101 Å². The Labute approximate surface area is 347 Å². The number of hydrogen-bond acceptors (Lipinski definition) is 9. The van der Waals surface area contributed by atoms with Gasteiger partial charge >= 0.3 is 12.2 Å². The molecule has 0 radical (unpaired) electrons. The van der Waals surface area contributed by atoms with Crippen molar-refractivity contribution in [2.75, 3.05) is 20.3 Å². The molecular weight excluding hydrogens is 765 g/mol. The number of piperidine rings is 2. The zero-order chi connectivity index (χ0) is 41.4. The molecule has 3 aliphatic heterocycles. The Balaban J connectivity index is 0.858. The number of imidazole rings is 2. The molecule has 0 spiro atoms. The first kappa shape index (κ1) is 38.6. The van der Waals surface area contributed by atoms with Crippen LogP contribution in [0.15, 0.2) is 48.5 Å². The summed E-state index contributed by atoms with van der Waals surface area (Å²) in [5.74, 6) is 2.00. The molecule has 2 aromatic heterocycles. The first-order valence-electron chi connectivity index (χ1n) is 21.4. The number of carboxylic acid groups (broad SMARTS) is 1. The van der Waals surface area contributed by atoms with E-state index in [1.807, 2.05) is 24.8 Å². The van der Waals surface area contributed by atoms with Gasteiger partial charge < -0.3 is 34.8 Å². The smallest absolute Gasteiger partial charge is 0.407 e. The van der Waals surface area contributed by atoms with Crippen LogP contribution in [0.4, 0.5) is 9.59 Å². The Morgan fingerprint density at radius 1 is 0.917 bits per heavy atom. The fourth-order valence-electron chi connectivity index (χ4n) is 10.8. The molecule has 5 heterocycles. The lowest BCUT2D eigenvalue weighted by Gasteiger charge is -2.47. The average Bonchev–Trinajstić information content (AvgIpc) is 3.90. The minimum Gasteiger partial charge on any atom is -0.465 e. The van der Waals surface area contributed by atoms with Crippen LogP contribution in [0, 0.1) is 23.7 Å². The molecule has 15 heteroatoms. The van der Waals surface area contributed by atoms with E-state index in [4.69, 9.17) is 19.4 Å². The highest BCUT2D eigenvalue weighted by molar-refractivity contribution is 6.04. The number of likely N-dealkylation sites (tertiary alicyclic amines) is 2. The van der Waals surface area contributed by atoms with E-state index in [0.717, 1.165) is 89.3 Å². The lowest BCUT2D eigenvalue weighted by Crippen LogP contribution is -2.67. The van der Waals surface area contributed by atoms with Crippen LogP contribution in [0.1, 0.15) is 87.2 Å². The van der Waals surface area contributed by atoms with E-state index in [0.29, 0.717) is 37.9 Å². The minimum absolute atomic E-state index is 0.0931. The van der Waals surface area contributed by atoms with E-state index in [2.05, 4.69) is 68.0 Å². The molecule has 5 fully saturated rings. The van der Waals surface area contributed by atoms with Crippen LogP contribution in [0.2, 0.25) is 0 Å². The predicted octanol–water partition coefficient (Wildman–Crippen LogP) is 6.14. The maximum absolute atomic E-state index is 13.9. The van der Waals surface area contributed by atoms with Gasteiger partial charge in [-0.3, -0.25) is 19.8 Å². The van der Waals surface area contributed by atoms with Crippen molar-refractivity contribution in [1.82, 2.24) is 40.4 Å². The first-order valence-corrected chi connectivity index (χ1v) is 21.4. The normalized spacial score (nSPS) is 26.5. The molecule has 5 aromatic rings. The number of aromatic amines is 2. The fourth-order valence-corrected chi connectivity index (χ4v) is 10.8. The maximum Gasteiger partial charge on any atom is 0.407 e. The van der Waals surface area contributed by atoms with E-state index in [1.165, 1.54) is 18.2 Å². The van der Waals surface area contributed by atoms with Crippen LogP contribution in [-0.2, 0) is 31.9 Å². The van der Waals surface area contributed by atoms with E-state index in [-0.39, 0.29) is 41.9 Å². The van der Waals surface area contributed by atoms with Gasteiger partial charge in [0.15, 0.2) is 11.9 Å². The Kier molecular flexibility index (Phi) is 9.58. The SMILES string of the molecule is COC(=O)N[C@H](C(=O)N1[C@@H]2C[C@H]2C[C@H]1c1nc2ccc(CCc3ccc4c(ccc5[nH]c([C@@H]6C[C@H]7C[C@H]7N6[C@](C=O)(NC(=O)O)C6CCOCC6)nc54)c3)cc2[nH]1)C(C)C. The highest BCUT2D eigenvalue weighted by atomic mass is 16.5. The second kappa shape index (κ2) is 14.9. The molecule has 3 aromatic carbocycles. The number of carbonyl (C=O) groups is 4. The summed E-state index contributed by atoms with van der Waals surface area (Å²) in [6.45, 7) is 4.85. The lowest BCUT2D eigenvalue weighted by atomic mass is 9.84. The van der Waals surface area contributed by atoms with Crippen molar-refractivity contribution in [3.63, 3.8) is 0 Å². The van der Waals surface area contributed by atoms with Gasteiger partial charge in [0.25, 0.3) is 0 Å². The third kappa shape index (κ3) is 6.66. The van der Waals surface area contributed by atoms with E-state index >= 15 is 0 Å². The number of hydrogen-bond donors (Lipinski definition) is 5. The third-order valence-corrected chi connectivity index (χ3v) is 14.1. The van der Waals surface area contributed by atoms with Gasteiger partial charge in [0.05, 0.1) is 41.3 Å². The summed E-state index contributed by atoms with van der Waals surface area (Å²) >= 11 is 0. The second-order valence-electron chi connectivity index (χ2n) is 18.0. The lowest BCUT2D eigenvalue weighted by molar-refractivity contribution is -0.136. The number of ether oxygens (including phenoxy) is 2. The quantitative estimate of drug-likeness (QED) is 0.0913. The molecule has 5 aliphatic rings. The predicted molar refractivity (Wildman–Crippen MR) is 222 cm³/mol. The van der Waals surface area contributed by atoms with Crippen molar-refractivity contribution >= 4 is 57.2 Å². The molecular formula is C45H52N8O7. The van der Waals surface area contributed by atoms with Gasteiger partial charge in [-0.1, -0.05) is 44.2 Å². The van der Waals surface area contributed by atoms with Crippen LogP contribution in [0.5, 0.6) is 0 Å². The maximum atomic E-state index is 13.9. The van der Waals surface area contributed by atoms with Crippen LogP contribution in [0.3, 0.4) is 0 Å². The number of H-pyrrole nitrogens is 2. The number of alkyl carbamates (subject to hydrolysis) is 1. The molecule has 10 rings (SSSR count). The van der Waals surface area contributed by atoms with Crippen molar-refractivity contribution in [3.05, 3.63) is 71.3 Å². The number of nitrogens with zero attached hydrogens (tertiary/aromatic N) is 4. The Morgan fingerprint density at radius 3 is 2.37 bits per heavy atom. The van der Waals surface area contributed by atoms with Crippen molar-refractivity contribution < 1.29 is 33.8 Å². The Hall–Kier alpha value is -5.54. The number of carbonyl (C=O) groups excluding carboxylic acids is 3. The van der Waals surface area contributed by atoms with E-state index in [1.54, 1.807) is 0 Å². The van der Waals surface area contributed by atoms with Gasteiger partial charge in [0, 0.05) is 36.6 Å². The number of aryl methyl sites for hydroxylation is 2. The standard InChI is InChI=1S/C45H52N8O7/c1-23(2)38(50-44(58)59-3)42(55)52-34-18-27(34)20-36(52)40-46-31-10-7-25(17-33(31)48-40)5-4-24-6-9-30-26(16-24)8-11-32-39(30)49-41(47-32)37-21-28-19-35(28)53(37)45(22-54,51-43(56)57)29-12-14-60-15-13-29/h6-11,16-17,22-23,27-29,34-38,51H,4-5,12-15,18-21H2,1-3H3,(H,46,48)(H,47,49)(H,50,58)(H,56,57)/t27-,28+,34+,35+,36-,37-,38-,45-/m0/s1. The Morgan fingerprint density at radius 2 is 1.62 bits per heavy atom. The van der Waals surface area contributed by atoms with Gasteiger partial charge in [0.2, 0.25) is 5.91 Å². The van der Waals surface area contributed by atoms with E-state index in [9.17, 15) is 24.3 Å². The molecule has 3 amide bonds. The zero-order valence-corrected chi connectivity index (χ0v) is 34.1. The largest absolute Gasteiger partial charge is 0.465 e. The van der Waals surface area contributed by atoms with Crippen molar-refractivity contribution in [2.24, 2.45) is 23.7 Å². The molecule has 5 N–H and O–H groups in total. The van der Waals surface area contributed by atoms with Crippen LogP contribution >= 0.6 is 0 Å². The third-order valence-electron chi connectivity index (χ3n) is 14.1. The second-order valence-corrected chi connectivity index (χ2v) is 18.0. The molecule has 3 saturated heterocycles. The van der Waals surface area contributed by atoms with Crippen LogP contribution in [-0.4, -0.2) is 103 Å². The number of nitrogens with one attached hydrogen (secondary N) is 4. The molecule has 314 valence electrons. The number of methoxy groups -OCH3 is 1. The number of aldehydes is 1. The van der Waals surface area contributed by atoms with E-state index < -0.39 is 23.9 Å². The summed E-state index contributed by atoms with van der Waals surface area (Å²) in [5.41, 5.74) is 4.61. The topological polar surface area (TPSA) is 195 Å². The average molecular weight is 817 g/mol. The highest BCUT2D eigenvalue weighted by Gasteiger charge is 2.62. The molecule has 8 atom stereocenters. The highest BCUT2D eigenvalue weighted by Crippen LogP contribution is 2.57. The number of aromatic nitrogens is 4. The van der Waals surface area contributed by atoms with Crippen molar-refractivity contribution in [3.8, 4) is 0 Å². The molecule has 0 unspecified atom stereocenters. The van der Waals surface area contributed by atoms with Crippen LogP contribution in [0.25, 0.3) is 32.8 Å². The van der Waals surface area contributed by atoms with Gasteiger partial charge in [-0.25, -0.2) is 19.6 Å². The summed E-state index contributed by atoms with van der Waals surface area (Å²) < 4.78 is 10.4. The molecule has 0 bridgehead atoms. The molecule has 2 saturated carbocycles. The number of benzene rings is 3. The summed E-state index contributed by atoms with van der Waals surface area (Å²) in [6.07, 6.45) is 5.46. The van der Waals surface area contributed by atoms with Gasteiger partial charge in [-0.15, -0.1) is 0 Å². The fraction of sp³-hybridized carbons (Fsp3) is 0.511. The number of rotatable bonds is 12. The number of amides is 3. The van der Waals surface area contributed by atoms with Gasteiger partial charge in [-0.05, 0) is 104 Å². The summed E-state index contributed by atoms with van der Waals surface area (Å²) in [6, 6.07) is 16.2. The number of fused-ring (bicyclic) bond motifs is 6. The molecule has 60 heavy (non-hydrogen) atoms. The summed E-state index contributed by atoms with van der Waals surface area (Å²) in [7, 11) is 1.31. The van der Waals surface area contributed by atoms with Crippen molar-refractivity contribution in [1.29, 1.82) is 0 Å². The minimum atomic E-state index is -1.35. The van der Waals surface area contributed by atoms with Gasteiger partial charge in [-0.2, -0.15) is 0 Å². The van der Waals surface area contributed by atoms with Gasteiger partial charge in [0.1, 0.15) is 17.7 Å². The van der Waals surface area contributed by atoms with Crippen LogP contribution < -0.4 is 10.6 Å². The first-order chi connectivity index (χ1) is 29.0.